The Balaban J connectivity index is 1.71. The molecule has 0 bridgehead atoms. The molecule has 8 heteroatoms. The number of hydrogen-bond donors (Lipinski definition) is 2. The van der Waals surface area contributed by atoms with Crippen LogP contribution in [0.25, 0.3) is 0 Å². The van der Waals surface area contributed by atoms with Gasteiger partial charge in [-0.2, -0.15) is 0 Å². The normalized spacial score (nSPS) is 16.9. The third-order valence-corrected chi connectivity index (χ3v) is 6.11. The number of alkyl carbamates (subject to hydrolysis) is 1. The third kappa shape index (κ3) is 5.66. The van der Waals surface area contributed by atoms with Gasteiger partial charge < -0.3 is 15.0 Å². The number of ether oxygens (including phenoxy) is 1. The monoisotopic (exact) mass is 431 g/mol. The van der Waals surface area contributed by atoms with Gasteiger partial charge in [0.1, 0.15) is 5.60 Å². The minimum atomic E-state index is -3.70. The van der Waals surface area contributed by atoms with E-state index in [0.29, 0.717) is 18.8 Å². The Bertz CT molecular complexity index is 998. The first-order valence-corrected chi connectivity index (χ1v) is 11.4. The molecule has 2 N–H and O–H groups in total. The summed E-state index contributed by atoms with van der Waals surface area (Å²) >= 11 is 0. The predicted octanol–water partition coefficient (Wildman–Crippen LogP) is 3.90. The van der Waals surface area contributed by atoms with E-state index in [1.807, 2.05) is 39.8 Å². The first kappa shape index (κ1) is 22.0. The van der Waals surface area contributed by atoms with Crippen LogP contribution in [0.15, 0.2) is 53.4 Å². The zero-order valence-electron chi connectivity index (χ0n) is 17.8. The van der Waals surface area contributed by atoms with Gasteiger partial charge in [0.25, 0.3) is 10.0 Å². The van der Waals surface area contributed by atoms with Gasteiger partial charge in [0.15, 0.2) is 0 Å². The number of benzene rings is 2. The van der Waals surface area contributed by atoms with E-state index in [1.54, 1.807) is 36.4 Å². The molecule has 0 aromatic heterocycles. The maximum Gasteiger partial charge on any atom is 0.407 e. The lowest BCUT2D eigenvalue weighted by atomic mass is 10.2. The summed E-state index contributed by atoms with van der Waals surface area (Å²) in [6.07, 6.45) is 0.306. The van der Waals surface area contributed by atoms with Crippen LogP contribution in [0.5, 0.6) is 0 Å². The molecule has 2 aromatic carbocycles. The number of aryl methyl sites for hydroxylation is 1. The molecule has 1 fully saturated rings. The highest BCUT2D eigenvalue weighted by molar-refractivity contribution is 7.92. The van der Waals surface area contributed by atoms with Gasteiger partial charge in [-0.05, 0) is 58.4 Å². The Labute approximate surface area is 178 Å². The van der Waals surface area contributed by atoms with Crippen molar-refractivity contribution in [2.24, 2.45) is 0 Å². The molecule has 162 valence electrons. The molecular formula is C22H29N3O4S. The maximum absolute atomic E-state index is 12.8. The highest BCUT2D eigenvalue weighted by Crippen LogP contribution is 2.30. The first-order chi connectivity index (χ1) is 14.0. The number of para-hydroxylation sites is 2. The lowest BCUT2D eigenvalue weighted by molar-refractivity contribution is 0.0509. The molecule has 1 aliphatic heterocycles. The second kappa shape index (κ2) is 8.55. The van der Waals surface area contributed by atoms with Gasteiger partial charge in [-0.25, -0.2) is 13.2 Å². The van der Waals surface area contributed by atoms with Crippen LogP contribution < -0.4 is 14.9 Å². The largest absolute Gasteiger partial charge is 0.444 e. The number of carbonyl (C=O) groups excluding carboxylic acids is 1. The molecule has 1 amide bonds. The highest BCUT2D eigenvalue weighted by atomic mass is 32.2. The number of nitrogens with zero attached hydrogens (tertiary/aromatic N) is 1. The molecule has 7 nitrogen and oxygen atoms in total. The van der Waals surface area contributed by atoms with E-state index in [2.05, 4.69) is 14.9 Å². The zero-order valence-corrected chi connectivity index (χ0v) is 18.6. The van der Waals surface area contributed by atoms with Gasteiger partial charge >= 0.3 is 6.09 Å². The zero-order chi connectivity index (χ0) is 21.9. The van der Waals surface area contributed by atoms with E-state index in [1.165, 1.54) is 0 Å². The SMILES string of the molecule is Cc1ccc(S(=O)(=O)Nc2ccccc2N2CCC(NC(=O)OC(C)(C)C)C2)cc1. The molecule has 1 atom stereocenters. The van der Waals surface area contributed by atoms with Crippen LogP contribution in [-0.2, 0) is 14.8 Å². The van der Waals surface area contributed by atoms with E-state index < -0.39 is 21.7 Å². The summed E-state index contributed by atoms with van der Waals surface area (Å²) in [7, 11) is -3.70. The molecule has 2 aromatic rings. The summed E-state index contributed by atoms with van der Waals surface area (Å²) in [6, 6.07) is 14.0. The number of rotatable bonds is 5. The summed E-state index contributed by atoms with van der Waals surface area (Å²) < 4.78 is 33.7. The van der Waals surface area contributed by atoms with Crippen LogP contribution in [-0.4, -0.2) is 39.2 Å². The van der Waals surface area contributed by atoms with E-state index in [4.69, 9.17) is 4.74 Å². The summed E-state index contributed by atoms with van der Waals surface area (Å²) in [5.74, 6) is 0. The molecule has 1 saturated heterocycles. The van der Waals surface area contributed by atoms with Gasteiger partial charge in [0, 0.05) is 13.1 Å². The number of nitrogens with one attached hydrogen (secondary N) is 2. The number of amides is 1. The molecule has 1 unspecified atom stereocenters. The van der Waals surface area contributed by atoms with Gasteiger partial charge in [0.05, 0.1) is 22.3 Å². The van der Waals surface area contributed by atoms with Crippen LogP contribution in [0.3, 0.4) is 0 Å². The van der Waals surface area contributed by atoms with Gasteiger partial charge in [-0.3, -0.25) is 4.72 Å². The lowest BCUT2D eigenvalue weighted by Gasteiger charge is -2.24. The smallest absolute Gasteiger partial charge is 0.407 e. The van der Waals surface area contributed by atoms with Crippen LogP contribution >= 0.6 is 0 Å². The fourth-order valence-corrected chi connectivity index (χ4v) is 4.40. The summed E-state index contributed by atoms with van der Waals surface area (Å²) in [4.78, 5) is 14.3. The van der Waals surface area contributed by atoms with Crippen molar-refractivity contribution in [1.29, 1.82) is 0 Å². The van der Waals surface area contributed by atoms with E-state index >= 15 is 0 Å². The Morgan fingerprint density at radius 3 is 2.43 bits per heavy atom. The minimum absolute atomic E-state index is 0.0680. The topological polar surface area (TPSA) is 87.7 Å². The third-order valence-electron chi connectivity index (χ3n) is 4.73. The quantitative estimate of drug-likeness (QED) is 0.750. The Morgan fingerprint density at radius 1 is 1.10 bits per heavy atom. The van der Waals surface area contributed by atoms with Crippen LogP contribution in [0, 0.1) is 6.92 Å². The fraction of sp³-hybridized carbons (Fsp3) is 0.409. The standard InChI is InChI=1S/C22H29N3O4S/c1-16-9-11-18(12-10-16)30(27,28)24-19-7-5-6-8-20(19)25-14-13-17(15-25)23-21(26)29-22(2,3)4/h5-12,17,24H,13-15H2,1-4H3,(H,23,26). The molecule has 1 heterocycles. The molecule has 30 heavy (non-hydrogen) atoms. The molecule has 0 aliphatic carbocycles. The van der Waals surface area contributed by atoms with E-state index in [-0.39, 0.29) is 10.9 Å². The number of hydrogen-bond acceptors (Lipinski definition) is 5. The van der Waals surface area contributed by atoms with E-state index in [9.17, 15) is 13.2 Å². The fourth-order valence-electron chi connectivity index (χ4n) is 3.33. The minimum Gasteiger partial charge on any atom is -0.444 e. The van der Waals surface area contributed by atoms with Crippen molar-refractivity contribution in [1.82, 2.24) is 5.32 Å². The summed E-state index contributed by atoms with van der Waals surface area (Å²) in [5, 5.41) is 2.89. The molecule has 1 aliphatic rings. The predicted molar refractivity (Wildman–Crippen MR) is 118 cm³/mol. The van der Waals surface area contributed by atoms with Gasteiger partial charge in [-0.15, -0.1) is 0 Å². The van der Waals surface area contributed by atoms with Crippen LogP contribution in [0.4, 0.5) is 16.2 Å². The number of carbonyl (C=O) groups is 1. The molecule has 0 saturated carbocycles. The van der Waals surface area contributed by atoms with Crippen molar-refractivity contribution in [2.45, 2.75) is 50.7 Å². The summed E-state index contributed by atoms with van der Waals surface area (Å²) in [6.45, 7) is 8.65. The summed E-state index contributed by atoms with van der Waals surface area (Å²) in [5.41, 5.74) is 1.73. The van der Waals surface area contributed by atoms with Gasteiger partial charge in [-0.1, -0.05) is 29.8 Å². The Hall–Kier alpha value is -2.74. The van der Waals surface area contributed by atoms with Crippen molar-refractivity contribution in [2.75, 3.05) is 22.7 Å². The molecule has 0 spiro atoms. The van der Waals surface area contributed by atoms with Crippen molar-refractivity contribution >= 4 is 27.5 Å². The van der Waals surface area contributed by atoms with Crippen molar-refractivity contribution in [3.05, 3.63) is 54.1 Å². The first-order valence-electron chi connectivity index (χ1n) is 9.96. The molecule has 3 rings (SSSR count). The van der Waals surface area contributed by atoms with Gasteiger partial charge in [0.2, 0.25) is 0 Å². The van der Waals surface area contributed by atoms with Crippen molar-refractivity contribution < 1.29 is 17.9 Å². The second-order valence-corrected chi connectivity index (χ2v) is 10.2. The maximum atomic E-state index is 12.8. The average molecular weight is 432 g/mol. The van der Waals surface area contributed by atoms with Crippen LogP contribution in [0.2, 0.25) is 0 Å². The van der Waals surface area contributed by atoms with Crippen molar-refractivity contribution in [3.8, 4) is 0 Å². The number of anilines is 2. The molecular weight excluding hydrogens is 402 g/mol. The Morgan fingerprint density at radius 2 is 1.77 bits per heavy atom. The average Bonchev–Trinajstić information content (AvgIpc) is 3.08. The highest BCUT2D eigenvalue weighted by Gasteiger charge is 2.28. The Kier molecular flexibility index (Phi) is 6.26. The van der Waals surface area contributed by atoms with Crippen molar-refractivity contribution in [3.63, 3.8) is 0 Å². The lowest BCUT2D eigenvalue weighted by Crippen LogP contribution is -2.40. The molecule has 0 radical (unpaired) electrons. The van der Waals surface area contributed by atoms with Crippen LogP contribution in [0.1, 0.15) is 32.8 Å². The second-order valence-electron chi connectivity index (χ2n) is 8.51. The number of sulfonamides is 1. The van der Waals surface area contributed by atoms with E-state index in [0.717, 1.165) is 17.7 Å².